The van der Waals surface area contributed by atoms with Gasteiger partial charge in [-0.2, -0.15) is 0 Å². The summed E-state index contributed by atoms with van der Waals surface area (Å²) in [5, 5.41) is 3.45. The molecule has 0 bridgehead atoms. The zero-order valence-electron chi connectivity index (χ0n) is 12.5. The van der Waals surface area contributed by atoms with Gasteiger partial charge in [-0.15, -0.1) is 0 Å². The van der Waals surface area contributed by atoms with Gasteiger partial charge >= 0.3 is 0 Å². The molecule has 122 valence electrons. The molecule has 2 aromatic heterocycles. The zero-order valence-corrected chi connectivity index (χ0v) is 13.3. The first-order chi connectivity index (χ1) is 11.2. The Morgan fingerprint density at radius 3 is 2.96 bits per heavy atom. The highest BCUT2D eigenvalue weighted by atomic mass is 35.5. The van der Waals surface area contributed by atoms with Gasteiger partial charge < -0.3 is 20.5 Å². The van der Waals surface area contributed by atoms with Crippen LogP contribution in [0, 0.1) is 0 Å². The van der Waals surface area contributed by atoms with Crippen molar-refractivity contribution < 1.29 is 9.47 Å². The molecule has 3 heterocycles. The predicted octanol–water partition coefficient (Wildman–Crippen LogP) is 2.28. The van der Waals surface area contributed by atoms with Crippen LogP contribution in [-0.4, -0.2) is 34.3 Å². The topological polar surface area (TPSA) is 95.2 Å². The van der Waals surface area contributed by atoms with Gasteiger partial charge in [-0.25, -0.2) is 15.0 Å². The summed E-state index contributed by atoms with van der Waals surface area (Å²) in [7, 11) is 0. The van der Waals surface area contributed by atoms with E-state index in [1.54, 1.807) is 6.20 Å². The van der Waals surface area contributed by atoms with Crippen LogP contribution in [-0.2, 0) is 11.3 Å². The molecule has 0 saturated carbocycles. The molecule has 0 spiro atoms. The molecule has 8 heteroatoms. The minimum atomic E-state index is 0.163. The van der Waals surface area contributed by atoms with E-state index in [1.165, 1.54) is 6.33 Å². The van der Waals surface area contributed by atoms with Gasteiger partial charge in [-0.05, 0) is 11.6 Å². The van der Waals surface area contributed by atoms with Gasteiger partial charge in [0.25, 0.3) is 0 Å². The molecule has 1 aliphatic heterocycles. The number of nitrogen functional groups attached to an aromatic ring is 1. The van der Waals surface area contributed by atoms with Crippen LogP contribution in [0.3, 0.4) is 0 Å². The molecule has 23 heavy (non-hydrogen) atoms. The van der Waals surface area contributed by atoms with Crippen LogP contribution < -0.4 is 15.8 Å². The van der Waals surface area contributed by atoms with Crippen molar-refractivity contribution in [2.75, 3.05) is 24.3 Å². The maximum Gasteiger partial charge on any atom is 0.213 e. The molecular weight excluding hydrogens is 318 g/mol. The monoisotopic (exact) mass is 335 g/mol. The molecule has 0 atom stereocenters. The molecule has 3 rings (SSSR count). The number of hydrogen-bond acceptors (Lipinski definition) is 7. The highest BCUT2D eigenvalue weighted by molar-refractivity contribution is 6.35. The first-order valence-electron chi connectivity index (χ1n) is 7.41. The van der Waals surface area contributed by atoms with E-state index in [0.29, 0.717) is 23.3 Å². The Labute approximate surface area is 139 Å². The van der Waals surface area contributed by atoms with E-state index < -0.39 is 0 Å². The average Bonchev–Trinajstić information content (AvgIpc) is 2.57. The number of rotatable bonds is 5. The minimum absolute atomic E-state index is 0.163. The third kappa shape index (κ3) is 4.20. The number of anilines is 2. The van der Waals surface area contributed by atoms with Crippen molar-refractivity contribution in [3.63, 3.8) is 0 Å². The van der Waals surface area contributed by atoms with Gasteiger partial charge in [-0.1, -0.05) is 11.6 Å². The fourth-order valence-electron chi connectivity index (χ4n) is 2.28. The Kier molecular flexibility index (Phi) is 5.09. The second kappa shape index (κ2) is 7.43. The fraction of sp³-hybridized carbons (Fsp3) is 0.400. The first kappa shape index (κ1) is 15.8. The molecule has 2 aromatic rings. The number of halogens is 1. The van der Waals surface area contributed by atoms with E-state index >= 15 is 0 Å². The molecule has 3 N–H and O–H groups in total. The first-order valence-corrected chi connectivity index (χ1v) is 7.79. The van der Waals surface area contributed by atoms with E-state index in [1.807, 2.05) is 12.1 Å². The molecule has 7 nitrogen and oxygen atoms in total. The van der Waals surface area contributed by atoms with E-state index in [-0.39, 0.29) is 11.9 Å². The van der Waals surface area contributed by atoms with Crippen molar-refractivity contribution >= 4 is 23.2 Å². The second-order valence-electron chi connectivity index (χ2n) is 5.21. The Balaban J connectivity index is 1.62. The van der Waals surface area contributed by atoms with Gasteiger partial charge in [0.05, 0.1) is 13.2 Å². The molecular formula is C15H18ClN5O2. The fourth-order valence-corrected chi connectivity index (χ4v) is 2.45. The number of pyridine rings is 1. The van der Waals surface area contributed by atoms with E-state index in [9.17, 15) is 0 Å². The largest absolute Gasteiger partial charge is 0.474 e. The average molecular weight is 336 g/mol. The van der Waals surface area contributed by atoms with Crippen LogP contribution in [0.5, 0.6) is 5.88 Å². The number of hydrogen-bond donors (Lipinski definition) is 2. The summed E-state index contributed by atoms with van der Waals surface area (Å²) in [6.07, 6.45) is 5.03. The van der Waals surface area contributed by atoms with E-state index in [0.717, 1.165) is 31.6 Å². The molecule has 1 saturated heterocycles. The van der Waals surface area contributed by atoms with Crippen LogP contribution >= 0.6 is 11.6 Å². The van der Waals surface area contributed by atoms with E-state index in [2.05, 4.69) is 20.3 Å². The summed E-state index contributed by atoms with van der Waals surface area (Å²) in [5.74, 6) is 1.37. The molecule has 0 unspecified atom stereocenters. The van der Waals surface area contributed by atoms with Gasteiger partial charge in [0.1, 0.15) is 23.3 Å². The quantitative estimate of drug-likeness (QED) is 0.865. The van der Waals surface area contributed by atoms with Gasteiger partial charge in [0.15, 0.2) is 5.82 Å². The van der Waals surface area contributed by atoms with Crippen LogP contribution in [0.4, 0.5) is 11.6 Å². The Hall–Kier alpha value is -2.12. The Morgan fingerprint density at radius 1 is 1.30 bits per heavy atom. The summed E-state index contributed by atoms with van der Waals surface area (Å²) in [5.41, 5.74) is 6.66. The standard InChI is InChI=1S/C15H18ClN5O2/c16-13-14(17)20-9-21-15(13)19-8-10-1-4-18-12(7-10)23-11-2-5-22-6-3-11/h1,4,7,9,11H,2-3,5-6,8H2,(H3,17,19,20,21). The molecule has 0 amide bonds. The van der Waals surface area contributed by atoms with Crippen molar-refractivity contribution in [3.8, 4) is 5.88 Å². The molecule has 0 radical (unpaired) electrons. The van der Waals surface area contributed by atoms with Crippen LogP contribution in [0.25, 0.3) is 0 Å². The third-order valence-electron chi connectivity index (χ3n) is 3.53. The predicted molar refractivity (Wildman–Crippen MR) is 87.5 cm³/mol. The summed E-state index contributed by atoms with van der Waals surface area (Å²) >= 11 is 6.06. The lowest BCUT2D eigenvalue weighted by atomic mass is 10.1. The van der Waals surface area contributed by atoms with E-state index in [4.69, 9.17) is 26.8 Å². The second-order valence-corrected chi connectivity index (χ2v) is 5.58. The number of aromatic nitrogens is 3. The van der Waals surface area contributed by atoms with Crippen LogP contribution in [0.1, 0.15) is 18.4 Å². The van der Waals surface area contributed by atoms with Crippen molar-refractivity contribution in [1.82, 2.24) is 15.0 Å². The highest BCUT2D eigenvalue weighted by Crippen LogP contribution is 2.24. The number of nitrogens with zero attached hydrogens (tertiary/aromatic N) is 3. The lowest BCUT2D eigenvalue weighted by molar-refractivity contribution is 0.0237. The maximum atomic E-state index is 6.06. The zero-order chi connectivity index (χ0) is 16.1. The lowest BCUT2D eigenvalue weighted by Crippen LogP contribution is -2.26. The lowest BCUT2D eigenvalue weighted by Gasteiger charge is -2.22. The summed E-state index contributed by atoms with van der Waals surface area (Å²) in [6.45, 7) is 2.00. The molecule has 1 aliphatic rings. The van der Waals surface area contributed by atoms with Crippen molar-refractivity contribution in [1.29, 1.82) is 0 Å². The van der Waals surface area contributed by atoms with Gasteiger partial charge in [0, 0.05) is 31.6 Å². The number of ether oxygens (including phenoxy) is 2. The number of nitrogens with one attached hydrogen (secondary N) is 1. The molecule has 1 fully saturated rings. The van der Waals surface area contributed by atoms with Crippen LogP contribution in [0.15, 0.2) is 24.7 Å². The van der Waals surface area contributed by atoms with Crippen molar-refractivity contribution in [2.24, 2.45) is 0 Å². The van der Waals surface area contributed by atoms with Crippen molar-refractivity contribution in [3.05, 3.63) is 35.2 Å². The SMILES string of the molecule is Nc1ncnc(NCc2ccnc(OC3CCOCC3)c2)c1Cl. The number of nitrogens with two attached hydrogens (primary N) is 1. The molecule has 0 aromatic carbocycles. The summed E-state index contributed by atoms with van der Waals surface area (Å²) in [6, 6.07) is 3.81. The third-order valence-corrected chi connectivity index (χ3v) is 3.90. The minimum Gasteiger partial charge on any atom is -0.474 e. The van der Waals surface area contributed by atoms with Crippen LogP contribution in [0.2, 0.25) is 5.02 Å². The smallest absolute Gasteiger partial charge is 0.213 e. The summed E-state index contributed by atoms with van der Waals surface area (Å²) < 4.78 is 11.2. The van der Waals surface area contributed by atoms with Gasteiger partial charge in [0.2, 0.25) is 5.88 Å². The highest BCUT2D eigenvalue weighted by Gasteiger charge is 2.16. The Morgan fingerprint density at radius 2 is 2.13 bits per heavy atom. The normalized spacial score (nSPS) is 15.3. The van der Waals surface area contributed by atoms with Crippen molar-refractivity contribution in [2.45, 2.75) is 25.5 Å². The summed E-state index contributed by atoms with van der Waals surface area (Å²) in [4.78, 5) is 12.2. The van der Waals surface area contributed by atoms with Gasteiger partial charge in [-0.3, -0.25) is 0 Å². The maximum absolute atomic E-state index is 6.06. The molecule has 0 aliphatic carbocycles. The Bertz CT molecular complexity index is 664.